The maximum Gasteiger partial charge on any atom is 0.193 e. The van der Waals surface area contributed by atoms with Crippen LogP contribution in [0.1, 0.15) is 20.3 Å². The third-order valence-electron chi connectivity index (χ3n) is 4.27. The second kappa shape index (κ2) is 10.3. The van der Waals surface area contributed by atoms with Crippen LogP contribution in [-0.4, -0.2) is 64.4 Å². The molecule has 1 unspecified atom stereocenters. The fourth-order valence-corrected chi connectivity index (χ4v) is 4.29. The van der Waals surface area contributed by atoms with Crippen LogP contribution in [0.5, 0.6) is 0 Å². The number of benzene rings is 1. The zero-order valence-electron chi connectivity index (χ0n) is 15.4. The van der Waals surface area contributed by atoms with Gasteiger partial charge in [0.05, 0.1) is 23.8 Å². The van der Waals surface area contributed by atoms with E-state index >= 15 is 0 Å². The van der Waals surface area contributed by atoms with Crippen LogP contribution in [-0.2, 0) is 14.6 Å². The molecular weight excluding hydrogens is 418 g/mol. The normalized spacial score (nSPS) is 18.3. The van der Waals surface area contributed by atoms with Gasteiger partial charge < -0.3 is 15.0 Å². The first kappa shape index (κ1) is 21.2. The van der Waals surface area contributed by atoms with Gasteiger partial charge in [-0.05, 0) is 44.5 Å². The highest BCUT2D eigenvalue weighted by atomic mass is 79.9. The van der Waals surface area contributed by atoms with Crippen molar-refractivity contribution in [2.45, 2.75) is 25.2 Å². The van der Waals surface area contributed by atoms with Gasteiger partial charge in [0.1, 0.15) is 0 Å². The third-order valence-corrected chi connectivity index (χ3v) is 6.51. The van der Waals surface area contributed by atoms with Gasteiger partial charge in [-0.15, -0.1) is 0 Å². The van der Waals surface area contributed by atoms with Crippen LogP contribution in [0.4, 0.5) is 0 Å². The van der Waals surface area contributed by atoms with Crippen LogP contribution >= 0.6 is 15.9 Å². The van der Waals surface area contributed by atoms with Crippen molar-refractivity contribution in [1.29, 1.82) is 0 Å². The van der Waals surface area contributed by atoms with Crippen molar-refractivity contribution in [3.63, 3.8) is 0 Å². The summed E-state index contributed by atoms with van der Waals surface area (Å²) < 4.78 is 31.3. The van der Waals surface area contributed by atoms with Gasteiger partial charge in [0.2, 0.25) is 0 Å². The number of hydrogen-bond donors (Lipinski definition) is 1. The van der Waals surface area contributed by atoms with Crippen molar-refractivity contribution < 1.29 is 13.2 Å². The Morgan fingerprint density at radius 3 is 2.73 bits per heavy atom. The van der Waals surface area contributed by atoms with Gasteiger partial charge in [-0.3, -0.25) is 4.99 Å². The second-order valence-electron chi connectivity index (χ2n) is 6.27. The lowest BCUT2D eigenvalue weighted by molar-refractivity contribution is 0.114. The lowest BCUT2D eigenvalue weighted by atomic mass is 10.1. The summed E-state index contributed by atoms with van der Waals surface area (Å²) in [6.45, 7) is 8.33. The molecule has 1 fully saturated rings. The highest BCUT2D eigenvalue weighted by Gasteiger charge is 2.25. The molecule has 0 bridgehead atoms. The van der Waals surface area contributed by atoms with Crippen LogP contribution in [0.3, 0.4) is 0 Å². The lowest BCUT2D eigenvalue weighted by Crippen LogP contribution is -2.40. The van der Waals surface area contributed by atoms with Crippen molar-refractivity contribution >= 4 is 31.7 Å². The van der Waals surface area contributed by atoms with E-state index in [0.717, 1.165) is 49.7 Å². The standard InChI is InChI=1S/C18H28BrN3O3S/c1-3-20-18(22-11-9-15(13-22)14-25-4-2)21-10-12-26(23,24)17-7-5-16(19)6-8-17/h5-8,15H,3-4,9-14H2,1-2H3,(H,20,21). The van der Waals surface area contributed by atoms with E-state index in [1.54, 1.807) is 24.3 Å². The molecule has 1 heterocycles. The third kappa shape index (κ3) is 6.25. The largest absolute Gasteiger partial charge is 0.381 e. The van der Waals surface area contributed by atoms with Crippen molar-refractivity contribution in [1.82, 2.24) is 10.2 Å². The van der Waals surface area contributed by atoms with Crippen LogP contribution in [0, 0.1) is 5.92 Å². The highest BCUT2D eigenvalue weighted by molar-refractivity contribution is 9.10. The monoisotopic (exact) mass is 445 g/mol. The molecule has 146 valence electrons. The highest BCUT2D eigenvalue weighted by Crippen LogP contribution is 2.18. The van der Waals surface area contributed by atoms with Crippen LogP contribution in [0.2, 0.25) is 0 Å². The van der Waals surface area contributed by atoms with Gasteiger partial charge in [-0.25, -0.2) is 8.42 Å². The van der Waals surface area contributed by atoms with Crippen molar-refractivity contribution in [2.24, 2.45) is 10.9 Å². The van der Waals surface area contributed by atoms with Gasteiger partial charge >= 0.3 is 0 Å². The van der Waals surface area contributed by atoms with E-state index in [4.69, 9.17) is 4.74 Å². The molecule has 1 saturated heterocycles. The first-order valence-electron chi connectivity index (χ1n) is 9.05. The Bertz CT molecular complexity index is 692. The molecule has 0 saturated carbocycles. The molecule has 0 radical (unpaired) electrons. The number of aliphatic imine (C=N–C) groups is 1. The summed E-state index contributed by atoms with van der Waals surface area (Å²) in [5, 5.41) is 3.27. The molecule has 6 nitrogen and oxygen atoms in total. The molecule has 0 aliphatic carbocycles. The summed E-state index contributed by atoms with van der Waals surface area (Å²) in [6.07, 6.45) is 1.07. The van der Waals surface area contributed by atoms with E-state index in [1.807, 2.05) is 13.8 Å². The number of likely N-dealkylation sites (tertiary alicyclic amines) is 1. The van der Waals surface area contributed by atoms with Crippen LogP contribution in [0.25, 0.3) is 0 Å². The van der Waals surface area contributed by atoms with Crippen LogP contribution in [0.15, 0.2) is 38.6 Å². The first-order chi connectivity index (χ1) is 12.5. The molecule has 1 aliphatic rings. The average Bonchev–Trinajstić information content (AvgIpc) is 3.08. The zero-order valence-corrected chi connectivity index (χ0v) is 17.9. The summed E-state index contributed by atoms with van der Waals surface area (Å²) in [6, 6.07) is 6.71. The van der Waals surface area contributed by atoms with E-state index in [9.17, 15) is 8.42 Å². The van der Waals surface area contributed by atoms with E-state index in [1.165, 1.54) is 0 Å². The molecule has 1 atom stereocenters. The van der Waals surface area contributed by atoms with E-state index in [-0.39, 0.29) is 12.3 Å². The molecular formula is C18H28BrN3O3S. The summed E-state index contributed by atoms with van der Waals surface area (Å²) in [7, 11) is -3.33. The van der Waals surface area contributed by atoms with Gasteiger partial charge in [-0.2, -0.15) is 0 Å². The maximum absolute atomic E-state index is 12.4. The van der Waals surface area contributed by atoms with E-state index < -0.39 is 9.84 Å². The van der Waals surface area contributed by atoms with Crippen molar-refractivity contribution in [2.75, 3.05) is 45.1 Å². The number of hydrogen-bond acceptors (Lipinski definition) is 4. The summed E-state index contributed by atoms with van der Waals surface area (Å²) in [5.41, 5.74) is 0. The minimum Gasteiger partial charge on any atom is -0.381 e. The Hall–Kier alpha value is -1.12. The minimum absolute atomic E-state index is 0.000257. The molecule has 1 N–H and O–H groups in total. The molecule has 0 spiro atoms. The molecule has 2 rings (SSSR count). The fraction of sp³-hybridized carbons (Fsp3) is 0.611. The predicted octanol–water partition coefficient (Wildman–Crippen LogP) is 2.55. The van der Waals surface area contributed by atoms with Crippen molar-refractivity contribution in [3.05, 3.63) is 28.7 Å². The zero-order chi connectivity index (χ0) is 19.0. The number of nitrogens with one attached hydrogen (secondary N) is 1. The topological polar surface area (TPSA) is 71.0 Å². The number of sulfone groups is 1. The molecule has 26 heavy (non-hydrogen) atoms. The Balaban J connectivity index is 1.95. The predicted molar refractivity (Wildman–Crippen MR) is 108 cm³/mol. The number of nitrogens with zero attached hydrogens (tertiary/aromatic N) is 2. The average molecular weight is 446 g/mol. The number of halogens is 1. The Morgan fingerprint density at radius 2 is 2.08 bits per heavy atom. The quantitative estimate of drug-likeness (QED) is 0.491. The summed E-state index contributed by atoms with van der Waals surface area (Å²) in [5.74, 6) is 1.29. The first-order valence-corrected chi connectivity index (χ1v) is 11.5. The minimum atomic E-state index is -3.33. The van der Waals surface area contributed by atoms with E-state index in [2.05, 4.69) is 31.1 Å². The fourth-order valence-electron chi connectivity index (χ4n) is 2.90. The summed E-state index contributed by atoms with van der Waals surface area (Å²) >= 11 is 3.32. The summed E-state index contributed by atoms with van der Waals surface area (Å²) in [4.78, 5) is 7.07. The second-order valence-corrected chi connectivity index (χ2v) is 9.29. The van der Waals surface area contributed by atoms with Crippen molar-refractivity contribution in [3.8, 4) is 0 Å². The Kier molecular flexibility index (Phi) is 8.37. The van der Waals surface area contributed by atoms with Crippen LogP contribution < -0.4 is 5.32 Å². The SMILES string of the molecule is CCNC(=NCCS(=O)(=O)c1ccc(Br)cc1)N1CCC(COCC)C1. The van der Waals surface area contributed by atoms with Gasteiger partial charge in [0, 0.05) is 36.6 Å². The number of ether oxygens (including phenoxy) is 1. The molecule has 1 aromatic rings. The van der Waals surface area contributed by atoms with Gasteiger partial charge in [0.15, 0.2) is 15.8 Å². The molecule has 1 aliphatic heterocycles. The lowest BCUT2D eigenvalue weighted by Gasteiger charge is -2.21. The maximum atomic E-state index is 12.4. The smallest absolute Gasteiger partial charge is 0.193 e. The Morgan fingerprint density at radius 1 is 1.35 bits per heavy atom. The molecule has 0 amide bonds. The van der Waals surface area contributed by atoms with Gasteiger partial charge in [-0.1, -0.05) is 15.9 Å². The van der Waals surface area contributed by atoms with Gasteiger partial charge in [0.25, 0.3) is 0 Å². The van der Waals surface area contributed by atoms with E-state index in [0.29, 0.717) is 10.8 Å². The number of guanidine groups is 1. The molecule has 8 heteroatoms. The Labute approximate surface area is 165 Å². The number of rotatable bonds is 8. The molecule has 0 aromatic heterocycles. The molecule has 1 aromatic carbocycles.